The van der Waals surface area contributed by atoms with Gasteiger partial charge >= 0.3 is 0 Å². The first-order valence-corrected chi connectivity index (χ1v) is 6.45. The van der Waals surface area contributed by atoms with Crippen molar-refractivity contribution in [1.82, 2.24) is 4.57 Å². The summed E-state index contributed by atoms with van der Waals surface area (Å²) in [6.45, 7) is 3.87. The highest BCUT2D eigenvalue weighted by Crippen LogP contribution is 2.29. The van der Waals surface area contributed by atoms with Gasteiger partial charge in [-0.25, -0.2) is 0 Å². The number of hydrogen-bond acceptors (Lipinski definition) is 2. The molecule has 1 fully saturated rings. The molecule has 17 heavy (non-hydrogen) atoms. The highest BCUT2D eigenvalue weighted by atomic mass is 32.1. The van der Waals surface area contributed by atoms with Crippen LogP contribution in [0.15, 0.2) is 10.9 Å². The van der Waals surface area contributed by atoms with E-state index in [1.807, 2.05) is 24.5 Å². The number of pyridine rings is 1. The molecule has 1 heterocycles. The molecule has 1 aliphatic carbocycles. The van der Waals surface area contributed by atoms with E-state index in [0.717, 1.165) is 24.1 Å². The zero-order chi connectivity index (χ0) is 12.6. The van der Waals surface area contributed by atoms with Crippen molar-refractivity contribution in [2.45, 2.75) is 45.6 Å². The van der Waals surface area contributed by atoms with Crippen molar-refractivity contribution in [2.75, 3.05) is 0 Å². The van der Waals surface area contributed by atoms with Crippen LogP contribution >= 0.6 is 12.2 Å². The van der Waals surface area contributed by atoms with Gasteiger partial charge in [-0.1, -0.05) is 25.1 Å². The molecule has 0 spiro atoms. The summed E-state index contributed by atoms with van der Waals surface area (Å²) in [6.07, 6.45) is 4.57. The van der Waals surface area contributed by atoms with E-state index < -0.39 is 0 Å². The fourth-order valence-corrected chi connectivity index (χ4v) is 3.07. The van der Waals surface area contributed by atoms with E-state index in [9.17, 15) is 4.79 Å². The van der Waals surface area contributed by atoms with Gasteiger partial charge < -0.3 is 10.3 Å². The molecule has 0 aliphatic heterocycles. The van der Waals surface area contributed by atoms with Gasteiger partial charge in [-0.15, -0.1) is 0 Å². The molecule has 2 N–H and O–H groups in total. The lowest BCUT2D eigenvalue weighted by Crippen LogP contribution is -2.33. The summed E-state index contributed by atoms with van der Waals surface area (Å²) < 4.78 is 1.88. The minimum Gasteiger partial charge on any atom is -0.389 e. The summed E-state index contributed by atoms with van der Waals surface area (Å²) in [5.41, 5.74) is 8.05. The number of nitrogens with zero attached hydrogens (tertiary/aromatic N) is 1. The number of aromatic nitrogens is 1. The molecule has 4 heteroatoms. The molecule has 0 aromatic carbocycles. The SMILES string of the molecule is Cc1cc(C)n(C2CCCC2)c(=O)c1C(N)=S. The van der Waals surface area contributed by atoms with Gasteiger partial charge in [0, 0.05) is 11.7 Å². The second-order valence-electron chi connectivity index (χ2n) is 4.82. The van der Waals surface area contributed by atoms with Crippen LogP contribution in [0.1, 0.15) is 48.5 Å². The summed E-state index contributed by atoms with van der Waals surface area (Å²) in [6, 6.07) is 2.34. The lowest BCUT2D eigenvalue weighted by molar-refractivity contribution is 0.490. The van der Waals surface area contributed by atoms with E-state index in [4.69, 9.17) is 18.0 Å². The monoisotopic (exact) mass is 250 g/mol. The summed E-state index contributed by atoms with van der Waals surface area (Å²) in [5.74, 6) is 0. The van der Waals surface area contributed by atoms with Gasteiger partial charge in [0.1, 0.15) is 4.99 Å². The first kappa shape index (κ1) is 12.3. The zero-order valence-electron chi connectivity index (χ0n) is 10.3. The lowest BCUT2D eigenvalue weighted by atomic mass is 10.1. The summed E-state index contributed by atoms with van der Waals surface area (Å²) in [5, 5.41) is 0. The lowest BCUT2D eigenvalue weighted by Gasteiger charge is -2.19. The van der Waals surface area contributed by atoms with E-state index in [0.29, 0.717) is 11.6 Å². The highest BCUT2D eigenvalue weighted by Gasteiger charge is 2.22. The van der Waals surface area contributed by atoms with Crippen LogP contribution in [0.4, 0.5) is 0 Å². The van der Waals surface area contributed by atoms with Crippen LogP contribution in [-0.2, 0) is 0 Å². The first-order valence-electron chi connectivity index (χ1n) is 6.05. The molecular formula is C13H18N2OS. The van der Waals surface area contributed by atoms with Crippen molar-refractivity contribution in [2.24, 2.45) is 5.73 Å². The fourth-order valence-electron chi connectivity index (χ4n) is 2.82. The van der Waals surface area contributed by atoms with Crippen LogP contribution in [-0.4, -0.2) is 9.56 Å². The average Bonchev–Trinajstić information content (AvgIpc) is 2.69. The molecule has 1 saturated carbocycles. The molecule has 0 radical (unpaired) electrons. The molecule has 3 nitrogen and oxygen atoms in total. The average molecular weight is 250 g/mol. The largest absolute Gasteiger partial charge is 0.389 e. The van der Waals surface area contributed by atoms with E-state index in [-0.39, 0.29) is 10.5 Å². The first-order chi connectivity index (χ1) is 8.02. The number of nitrogens with two attached hydrogens (primary N) is 1. The molecule has 0 saturated heterocycles. The molecule has 0 amide bonds. The van der Waals surface area contributed by atoms with Crippen molar-refractivity contribution in [3.8, 4) is 0 Å². The van der Waals surface area contributed by atoms with Gasteiger partial charge in [-0.05, 0) is 38.3 Å². The Hall–Kier alpha value is -1.16. The van der Waals surface area contributed by atoms with Crippen molar-refractivity contribution in [3.05, 3.63) is 33.2 Å². The Labute approximate surface area is 107 Å². The summed E-state index contributed by atoms with van der Waals surface area (Å²) in [7, 11) is 0. The minimum atomic E-state index is -0.0121. The van der Waals surface area contributed by atoms with Gasteiger partial charge in [-0.2, -0.15) is 0 Å². The van der Waals surface area contributed by atoms with Gasteiger partial charge in [0.25, 0.3) is 5.56 Å². The number of aryl methyl sites for hydroxylation is 2. The zero-order valence-corrected chi connectivity index (χ0v) is 11.1. The van der Waals surface area contributed by atoms with Crippen LogP contribution in [0.5, 0.6) is 0 Å². The quantitative estimate of drug-likeness (QED) is 0.819. The Balaban J connectivity index is 2.62. The van der Waals surface area contributed by atoms with E-state index in [1.54, 1.807) is 0 Å². The minimum absolute atomic E-state index is 0.0121. The molecule has 1 aromatic heterocycles. The third-order valence-corrected chi connectivity index (χ3v) is 3.77. The topological polar surface area (TPSA) is 48.0 Å². The normalized spacial score (nSPS) is 16.4. The maximum absolute atomic E-state index is 12.4. The second kappa shape index (κ2) is 4.61. The summed E-state index contributed by atoms with van der Waals surface area (Å²) in [4.78, 5) is 12.6. The predicted molar refractivity (Wildman–Crippen MR) is 73.6 cm³/mol. The van der Waals surface area contributed by atoms with E-state index >= 15 is 0 Å². The molecule has 2 rings (SSSR count). The Kier molecular flexibility index (Phi) is 3.33. The van der Waals surface area contributed by atoms with Crippen molar-refractivity contribution in [3.63, 3.8) is 0 Å². The maximum Gasteiger partial charge on any atom is 0.261 e. The van der Waals surface area contributed by atoms with Crippen LogP contribution < -0.4 is 11.3 Å². The Morgan fingerprint density at radius 1 is 1.41 bits per heavy atom. The van der Waals surface area contributed by atoms with Crippen LogP contribution in [0.25, 0.3) is 0 Å². The smallest absolute Gasteiger partial charge is 0.261 e. The van der Waals surface area contributed by atoms with Crippen molar-refractivity contribution in [1.29, 1.82) is 0 Å². The molecule has 0 atom stereocenters. The van der Waals surface area contributed by atoms with Crippen LogP contribution in [0, 0.1) is 13.8 Å². The molecule has 0 bridgehead atoms. The third-order valence-electron chi connectivity index (χ3n) is 3.57. The van der Waals surface area contributed by atoms with E-state index in [2.05, 4.69) is 0 Å². The molecule has 1 aromatic rings. The molecular weight excluding hydrogens is 232 g/mol. The third kappa shape index (κ3) is 2.14. The molecule has 1 aliphatic rings. The van der Waals surface area contributed by atoms with Crippen molar-refractivity contribution < 1.29 is 0 Å². The standard InChI is InChI=1S/C13H18N2OS/c1-8-7-9(2)15(10-5-3-4-6-10)13(16)11(8)12(14)17/h7,10H,3-6H2,1-2H3,(H2,14,17). The van der Waals surface area contributed by atoms with E-state index in [1.165, 1.54) is 12.8 Å². The van der Waals surface area contributed by atoms with Gasteiger partial charge in [0.05, 0.1) is 5.56 Å². The Morgan fingerprint density at radius 2 is 2.00 bits per heavy atom. The Bertz CT molecular complexity index is 513. The molecule has 0 unspecified atom stereocenters. The maximum atomic E-state index is 12.4. The van der Waals surface area contributed by atoms with Crippen molar-refractivity contribution >= 4 is 17.2 Å². The molecule has 92 valence electrons. The fraction of sp³-hybridized carbons (Fsp3) is 0.538. The van der Waals surface area contributed by atoms with Gasteiger partial charge in [0.2, 0.25) is 0 Å². The second-order valence-corrected chi connectivity index (χ2v) is 5.26. The predicted octanol–water partition coefficient (Wildman–Crippen LogP) is 2.21. The van der Waals surface area contributed by atoms with Crippen LogP contribution in [0.3, 0.4) is 0 Å². The Morgan fingerprint density at radius 3 is 2.53 bits per heavy atom. The number of hydrogen-bond donors (Lipinski definition) is 1. The number of thiocarbonyl (C=S) groups is 1. The summed E-state index contributed by atoms with van der Waals surface area (Å²) >= 11 is 4.98. The van der Waals surface area contributed by atoms with Crippen LogP contribution in [0.2, 0.25) is 0 Å². The highest BCUT2D eigenvalue weighted by molar-refractivity contribution is 7.80. The van der Waals surface area contributed by atoms with Gasteiger partial charge in [0.15, 0.2) is 0 Å². The number of rotatable bonds is 2. The van der Waals surface area contributed by atoms with Gasteiger partial charge in [-0.3, -0.25) is 4.79 Å².